The van der Waals surface area contributed by atoms with Gasteiger partial charge in [0.15, 0.2) is 5.13 Å². The molecule has 0 saturated carbocycles. The molecule has 2 aromatic rings. The summed E-state index contributed by atoms with van der Waals surface area (Å²) in [5.41, 5.74) is 1.56. The number of nitrogens with zero attached hydrogens (tertiary/aromatic N) is 2. The van der Waals surface area contributed by atoms with Crippen LogP contribution in [-0.4, -0.2) is 37.6 Å². The number of nitrogens with one attached hydrogen (secondary N) is 1. The Bertz CT molecular complexity index is 783. The average molecular weight is 375 g/mol. The molecule has 1 saturated heterocycles. The number of hydrogen-bond donors (Lipinski definition) is 1. The zero-order valence-corrected chi connectivity index (χ0v) is 15.6. The van der Waals surface area contributed by atoms with Crippen LogP contribution in [0.1, 0.15) is 24.1 Å². The number of carbonyl (C=O) groups is 2. The number of hydrogen-bond acceptors (Lipinski definition) is 6. The molecule has 0 radical (unpaired) electrons. The van der Waals surface area contributed by atoms with Crippen molar-refractivity contribution in [2.45, 2.75) is 25.8 Å². The minimum Gasteiger partial charge on any atom is -0.497 e. The lowest BCUT2D eigenvalue weighted by atomic mass is 10.2. The second-order valence-corrected chi connectivity index (χ2v) is 6.78. The Balaban J connectivity index is 1.56. The fourth-order valence-corrected chi connectivity index (χ4v) is 3.62. The van der Waals surface area contributed by atoms with Gasteiger partial charge in [0.05, 0.1) is 26.3 Å². The van der Waals surface area contributed by atoms with E-state index >= 15 is 0 Å². The highest BCUT2D eigenvalue weighted by Crippen LogP contribution is 2.25. The molecular weight excluding hydrogens is 354 g/mol. The third-order valence-corrected chi connectivity index (χ3v) is 5.00. The Labute approximate surface area is 155 Å². The van der Waals surface area contributed by atoms with Gasteiger partial charge in [-0.3, -0.25) is 14.5 Å². The van der Waals surface area contributed by atoms with E-state index in [2.05, 4.69) is 10.3 Å². The molecule has 1 aliphatic rings. The largest absolute Gasteiger partial charge is 0.497 e. The summed E-state index contributed by atoms with van der Waals surface area (Å²) in [6.45, 7) is 1.07. The van der Waals surface area contributed by atoms with E-state index in [4.69, 9.17) is 9.47 Å². The number of rotatable bonds is 7. The zero-order valence-electron chi connectivity index (χ0n) is 14.8. The van der Waals surface area contributed by atoms with Gasteiger partial charge < -0.3 is 14.8 Å². The molecule has 138 valence electrons. The molecule has 1 aliphatic heterocycles. The predicted molar refractivity (Wildman–Crippen MR) is 98.8 cm³/mol. The molecule has 0 atom stereocenters. The van der Waals surface area contributed by atoms with E-state index in [1.165, 1.54) is 11.3 Å². The van der Waals surface area contributed by atoms with Crippen molar-refractivity contribution in [2.75, 3.05) is 25.7 Å². The second kappa shape index (κ2) is 8.18. The van der Waals surface area contributed by atoms with Crippen LogP contribution in [-0.2, 0) is 22.6 Å². The van der Waals surface area contributed by atoms with Gasteiger partial charge in [-0.2, -0.15) is 0 Å². The summed E-state index contributed by atoms with van der Waals surface area (Å²) in [5, 5.41) is 5.37. The fraction of sp³-hybridized carbons (Fsp3) is 0.389. The average Bonchev–Trinajstić information content (AvgIpc) is 3.28. The molecule has 2 heterocycles. The van der Waals surface area contributed by atoms with Crippen molar-refractivity contribution in [1.82, 2.24) is 10.3 Å². The van der Waals surface area contributed by atoms with E-state index in [9.17, 15) is 9.59 Å². The fourth-order valence-electron chi connectivity index (χ4n) is 2.75. The Morgan fingerprint density at radius 1 is 1.27 bits per heavy atom. The number of anilines is 1. The van der Waals surface area contributed by atoms with Crippen molar-refractivity contribution in [3.63, 3.8) is 0 Å². The van der Waals surface area contributed by atoms with Crippen molar-refractivity contribution in [3.8, 4) is 11.5 Å². The molecule has 0 aliphatic carbocycles. The van der Waals surface area contributed by atoms with E-state index in [0.29, 0.717) is 41.8 Å². The maximum atomic E-state index is 12.2. The predicted octanol–water partition coefficient (Wildman–Crippen LogP) is 2.15. The number of carbonyl (C=O) groups excluding carboxylic acids is 2. The molecule has 2 amide bonds. The summed E-state index contributed by atoms with van der Waals surface area (Å²) < 4.78 is 10.5. The maximum Gasteiger partial charge on any atom is 0.228 e. The van der Waals surface area contributed by atoms with Crippen molar-refractivity contribution in [1.29, 1.82) is 0 Å². The SMILES string of the molecule is COc1cc(CNC(=O)Cc2csc(N3CCCC3=O)n2)cc(OC)c1. The summed E-state index contributed by atoms with van der Waals surface area (Å²) in [7, 11) is 3.17. The molecule has 1 aromatic heterocycles. The van der Waals surface area contributed by atoms with E-state index in [0.717, 1.165) is 12.0 Å². The minimum atomic E-state index is -0.128. The molecule has 1 N–H and O–H groups in total. The van der Waals surface area contributed by atoms with Crippen LogP contribution in [0.3, 0.4) is 0 Å². The number of thiazole rings is 1. The number of ether oxygens (including phenoxy) is 2. The maximum absolute atomic E-state index is 12.2. The summed E-state index contributed by atoms with van der Waals surface area (Å²) in [6, 6.07) is 5.48. The molecule has 0 bridgehead atoms. The number of amides is 2. The number of benzene rings is 1. The van der Waals surface area contributed by atoms with Gasteiger partial charge in [-0.1, -0.05) is 0 Å². The van der Waals surface area contributed by atoms with Crippen LogP contribution >= 0.6 is 11.3 Å². The van der Waals surface area contributed by atoms with Crippen LogP contribution in [0.4, 0.5) is 5.13 Å². The molecule has 8 heteroatoms. The molecule has 26 heavy (non-hydrogen) atoms. The van der Waals surface area contributed by atoms with Gasteiger partial charge in [0.25, 0.3) is 0 Å². The van der Waals surface area contributed by atoms with E-state index < -0.39 is 0 Å². The van der Waals surface area contributed by atoms with Crippen LogP contribution in [0, 0.1) is 0 Å². The van der Waals surface area contributed by atoms with Crippen LogP contribution in [0.25, 0.3) is 0 Å². The van der Waals surface area contributed by atoms with Gasteiger partial charge in [-0.05, 0) is 24.1 Å². The van der Waals surface area contributed by atoms with Crippen molar-refractivity contribution >= 4 is 28.3 Å². The standard InChI is InChI=1S/C18H21N3O4S/c1-24-14-6-12(7-15(9-14)25-2)10-19-16(22)8-13-11-26-18(20-13)21-5-3-4-17(21)23/h6-7,9,11H,3-5,8,10H2,1-2H3,(H,19,22). The summed E-state index contributed by atoms with van der Waals surface area (Å²) in [6.07, 6.45) is 1.61. The Hall–Kier alpha value is -2.61. The van der Waals surface area contributed by atoms with Gasteiger partial charge in [0, 0.05) is 31.0 Å². The molecule has 7 nitrogen and oxygen atoms in total. The molecule has 1 aromatic carbocycles. The quantitative estimate of drug-likeness (QED) is 0.802. The summed E-state index contributed by atoms with van der Waals surface area (Å²) >= 11 is 1.40. The second-order valence-electron chi connectivity index (χ2n) is 5.94. The van der Waals surface area contributed by atoms with Crippen molar-refractivity contribution < 1.29 is 19.1 Å². The van der Waals surface area contributed by atoms with Crippen molar-refractivity contribution in [2.24, 2.45) is 0 Å². The molecule has 0 spiro atoms. The topological polar surface area (TPSA) is 80.8 Å². The third kappa shape index (κ3) is 4.32. The first kappa shape index (κ1) is 18.2. The summed E-state index contributed by atoms with van der Waals surface area (Å²) in [4.78, 5) is 30.1. The Morgan fingerprint density at radius 3 is 2.62 bits per heavy atom. The highest BCUT2D eigenvalue weighted by Gasteiger charge is 2.24. The highest BCUT2D eigenvalue weighted by atomic mass is 32.1. The summed E-state index contributed by atoms with van der Waals surface area (Å²) in [5.74, 6) is 1.32. The van der Waals surface area contributed by atoms with Gasteiger partial charge >= 0.3 is 0 Å². The number of aromatic nitrogens is 1. The molecular formula is C18H21N3O4S. The van der Waals surface area contributed by atoms with Crippen LogP contribution < -0.4 is 19.7 Å². The molecule has 1 fully saturated rings. The Morgan fingerprint density at radius 2 is 2.00 bits per heavy atom. The number of methoxy groups -OCH3 is 2. The van der Waals surface area contributed by atoms with Gasteiger partial charge in [-0.15, -0.1) is 11.3 Å². The Kier molecular flexibility index (Phi) is 5.72. The smallest absolute Gasteiger partial charge is 0.228 e. The monoisotopic (exact) mass is 375 g/mol. The first-order chi connectivity index (χ1) is 12.6. The molecule has 0 unspecified atom stereocenters. The lowest BCUT2D eigenvalue weighted by Gasteiger charge is -2.10. The normalized spacial score (nSPS) is 13.8. The van der Waals surface area contributed by atoms with Crippen molar-refractivity contribution in [3.05, 3.63) is 34.8 Å². The zero-order chi connectivity index (χ0) is 18.5. The minimum absolute atomic E-state index is 0.0994. The lowest BCUT2D eigenvalue weighted by Crippen LogP contribution is -2.25. The van der Waals surface area contributed by atoms with Crippen LogP contribution in [0.5, 0.6) is 11.5 Å². The van der Waals surface area contributed by atoms with Crippen LogP contribution in [0.15, 0.2) is 23.6 Å². The van der Waals surface area contributed by atoms with Gasteiger partial charge in [0.1, 0.15) is 11.5 Å². The van der Waals surface area contributed by atoms with Gasteiger partial charge in [-0.25, -0.2) is 4.98 Å². The van der Waals surface area contributed by atoms with Gasteiger partial charge in [0.2, 0.25) is 11.8 Å². The van der Waals surface area contributed by atoms with Crippen LogP contribution in [0.2, 0.25) is 0 Å². The molecule has 3 rings (SSSR count). The lowest BCUT2D eigenvalue weighted by molar-refractivity contribution is -0.120. The highest BCUT2D eigenvalue weighted by molar-refractivity contribution is 7.14. The van der Waals surface area contributed by atoms with E-state index in [1.807, 2.05) is 17.5 Å². The first-order valence-corrected chi connectivity index (χ1v) is 9.20. The third-order valence-electron chi connectivity index (χ3n) is 4.09. The first-order valence-electron chi connectivity index (χ1n) is 8.32. The van der Waals surface area contributed by atoms with E-state index in [1.54, 1.807) is 25.2 Å². The van der Waals surface area contributed by atoms with E-state index in [-0.39, 0.29) is 18.2 Å².